The number of hydrogen-bond acceptors (Lipinski definition) is 4. The Morgan fingerprint density at radius 1 is 1.29 bits per heavy atom. The monoisotopic (exact) mass is 314 g/mol. The van der Waals surface area contributed by atoms with E-state index in [1.807, 2.05) is 0 Å². The molecule has 0 bridgehead atoms. The Kier molecular flexibility index (Phi) is 7.35. The molecular weight excluding hydrogens is 292 g/mol. The molecule has 0 aliphatic carbocycles. The van der Waals surface area contributed by atoms with Gasteiger partial charge in [0.25, 0.3) is 5.91 Å². The van der Waals surface area contributed by atoms with Crippen molar-refractivity contribution in [3.8, 4) is 0 Å². The predicted octanol–water partition coefficient (Wildman–Crippen LogP) is 1.27. The number of nitrogens with two attached hydrogens (primary N) is 1. The summed E-state index contributed by atoms with van der Waals surface area (Å²) in [6.45, 7) is 3.90. The van der Waals surface area contributed by atoms with E-state index in [1.165, 1.54) is 18.2 Å². The van der Waals surface area contributed by atoms with Crippen LogP contribution in [0.15, 0.2) is 29.2 Å². The lowest BCUT2D eigenvalue weighted by Gasteiger charge is -2.07. The third-order valence-corrected chi connectivity index (χ3v) is 3.73. The first-order valence-electron chi connectivity index (χ1n) is 6.94. The predicted molar refractivity (Wildman–Crippen MR) is 80.5 cm³/mol. The van der Waals surface area contributed by atoms with Crippen LogP contribution >= 0.6 is 0 Å². The minimum Gasteiger partial charge on any atom is -0.381 e. The minimum absolute atomic E-state index is 0.0713. The van der Waals surface area contributed by atoms with E-state index >= 15 is 0 Å². The zero-order valence-corrected chi connectivity index (χ0v) is 13.0. The maximum absolute atomic E-state index is 11.9. The maximum atomic E-state index is 11.9. The van der Waals surface area contributed by atoms with Gasteiger partial charge in [-0.15, -0.1) is 0 Å². The van der Waals surface area contributed by atoms with Crippen LogP contribution in [0.5, 0.6) is 0 Å². The van der Waals surface area contributed by atoms with E-state index in [4.69, 9.17) is 9.88 Å². The van der Waals surface area contributed by atoms with E-state index < -0.39 is 10.0 Å². The van der Waals surface area contributed by atoms with Crippen molar-refractivity contribution in [1.82, 2.24) is 5.32 Å². The van der Waals surface area contributed by atoms with Crippen LogP contribution in [0.1, 0.15) is 36.5 Å². The second kappa shape index (κ2) is 8.76. The second-order valence-electron chi connectivity index (χ2n) is 4.65. The topological polar surface area (TPSA) is 98.5 Å². The van der Waals surface area contributed by atoms with Gasteiger partial charge >= 0.3 is 0 Å². The third-order valence-electron chi connectivity index (χ3n) is 2.82. The molecule has 1 aromatic rings. The van der Waals surface area contributed by atoms with E-state index in [9.17, 15) is 13.2 Å². The van der Waals surface area contributed by atoms with Gasteiger partial charge in [0.1, 0.15) is 0 Å². The zero-order chi connectivity index (χ0) is 15.7. The summed E-state index contributed by atoms with van der Waals surface area (Å²) in [5, 5.41) is 7.74. The zero-order valence-electron chi connectivity index (χ0n) is 12.2. The second-order valence-corrected chi connectivity index (χ2v) is 6.21. The van der Waals surface area contributed by atoms with E-state index in [-0.39, 0.29) is 16.4 Å². The molecule has 0 saturated heterocycles. The lowest BCUT2D eigenvalue weighted by molar-refractivity contribution is 0.0940. The minimum atomic E-state index is -3.80. The molecule has 0 atom stereocenters. The smallest absolute Gasteiger partial charge is 0.251 e. The number of rotatable bonds is 9. The Hall–Kier alpha value is -1.44. The molecule has 1 amide bonds. The van der Waals surface area contributed by atoms with Crippen LogP contribution in [0, 0.1) is 0 Å². The summed E-state index contributed by atoms with van der Waals surface area (Å²) in [6, 6.07) is 5.65. The highest BCUT2D eigenvalue weighted by molar-refractivity contribution is 7.89. The molecule has 7 heteroatoms. The largest absolute Gasteiger partial charge is 0.381 e. The average molecular weight is 314 g/mol. The van der Waals surface area contributed by atoms with Crippen molar-refractivity contribution in [2.24, 2.45) is 5.14 Å². The quantitative estimate of drug-likeness (QED) is 0.671. The van der Waals surface area contributed by atoms with Gasteiger partial charge in [0, 0.05) is 25.3 Å². The van der Waals surface area contributed by atoms with Crippen LogP contribution < -0.4 is 10.5 Å². The fourth-order valence-electron chi connectivity index (χ4n) is 1.64. The third kappa shape index (κ3) is 6.70. The number of unbranched alkanes of at least 4 members (excludes halogenated alkanes) is 1. The van der Waals surface area contributed by atoms with E-state index in [0.717, 1.165) is 19.4 Å². The Morgan fingerprint density at radius 3 is 2.67 bits per heavy atom. The Labute approximate surface area is 125 Å². The van der Waals surface area contributed by atoms with Crippen LogP contribution in [0.2, 0.25) is 0 Å². The molecule has 0 radical (unpaired) electrons. The number of amides is 1. The first-order chi connectivity index (χ1) is 9.95. The number of nitrogens with one attached hydrogen (secondary N) is 1. The number of carbonyl (C=O) groups is 1. The van der Waals surface area contributed by atoms with Crippen LogP contribution in [-0.2, 0) is 14.8 Å². The molecule has 0 unspecified atom stereocenters. The molecule has 1 rings (SSSR count). The van der Waals surface area contributed by atoms with Gasteiger partial charge < -0.3 is 10.1 Å². The van der Waals surface area contributed by atoms with Crippen molar-refractivity contribution >= 4 is 15.9 Å². The molecule has 0 aromatic heterocycles. The van der Waals surface area contributed by atoms with Crippen LogP contribution in [-0.4, -0.2) is 34.1 Å². The number of sulfonamides is 1. The van der Waals surface area contributed by atoms with Gasteiger partial charge in [-0.1, -0.05) is 19.4 Å². The molecule has 0 saturated carbocycles. The Morgan fingerprint density at radius 2 is 2.00 bits per heavy atom. The molecule has 6 nitrogen and oxygen atoms in total. The van der Waals surface area contributed by atoms with Gasteiger partial charge in [-0.05, 0) is 31.0 Å². The number of ether oxygens (including phenoxy) is 1. The first kappa shape index (κ1) is 17.6. The number of primary sulfonamides is 1. The number of hydrogen-bond donors (Lipinski definition) is 2. The molecule has 1 aromatic carbocycles. The lowest BCUT2D eigenvalue weighted by Crippen LogP contribution is -2.25. The fourth-order valence-corrected chi connectivity index (χ4v) is 2.20. The van der Waals surface area contributed by atoms with Gasteiger partial charge in [0.2, 0.25) is 10.0 Å². The standard InChI is InChI=1S/C14H22N2O4S/c1-2-3-9-20-10-5-8-16-14(17)12-6-4-7-13(11-12)21(15,18)19/h4,6-7,11H,2-3,5,8-10H2,1H3,(H,16,17)(H2,15,18,19). The average Bonchev–Trinajstić information content (AvgIpc) is 2.45. The van der Waals surface area contributed by atoms with Crippen molar-refractivity contribution < 1.29 is 17.9 Å². The van der Waals surface area contributed by atoms with E-state index in [1.54, 1.807) is 6.07 Å². The lowest BCUT2D eigenvalue weighted by atomic mass is 10.2. The van der Waals surface area contributed by atoms with Crippen LogP contribution in [0.25, 0.3) is 0 Å². The highest BCUT2D eigenvalue weighted by atomic mass is 32.2. The summed E-state index contributed by atoms with van der Waals surface area (Å²) in [5.41, 5.74) is 0.272. The number of carbonyl (C=O) groups excluding carboxylic acids is 1. The molecule has 0 heterocycles. The molecule has 21 heavy (non-hydrogen) atoms. The SMILES string of the molecule is CCCCOCCCNC(=O)c1cccc(S(N)(=O)=O)c1. The summed E-state index contributed by atoms with van der Waals surface area (Å²) in [5.74, 6) is -0.325. The van der Waals surface area contributed by atoms with Crippen molar-refractivity contribution in [2.45, 2.75) is 31.1 Å². The molecule has 0 aliphatic rings. The van der Waals surface area contributed by atoms with E-state index in [0.29, 0.717) is 19.6 Å². The van der Waals surface area contributed by atoms with E-state index in [2.05, 4.69) is 12.2 Å². The summed E-state index contributed by atoms with van der Waals surface area (Å²) in [6.07, 6.45) is 2.84. The molecule has 0 fully saturated rings. The van der Waals surface area contributed by atoms with Gasteiger partial charge in [0.15, 0.2) is 0 Å². The highest BCUT2D eigenvalue weighted by Gasteiger charge is 2.11. The van der Waals surface area contributed by atoms with Gasteiger partial charge in [-0.3, -0.25) is 4.79 Å². The van der Waals surface area contributed by atoms with Crippen molar-refractivity contribution in [3.05, 3.63) is 29.8 Å². The summed E-state index contributed by atoms with van der Waals surface area (Å²) in [4.78, 5) is 11.8. The fraction of sp³-hybridized carbons (Fsp3) is 0.500. The number of benzene rings is 1. The van der Waals surface area contributed by atoms with Crippen molar-refractivity contribution in [1.29, 1.82) is 0 Å². The molecular formula is C14H22N2O4S. The summed E-state index contributed by atoms with van der Waals surface area (Å²) < 4.78 is 27.8. The van der Waals surface area contributed by atoms with Gasteiger partial charge in [0.05, 0.1) is 4.90 Å². The van der Waals surface area contributed by atoms with Gasteiger partial charge in [-0.25, -0.2) is 13.6 Å². The first-order valence-corrected chi connectivity index (χ1v) is 8.48. The van der Waals surface area contributed by atoms with Gasteiger partial charge in [-0.2, -0.15) is 0 Å². The molecule has 0 aliphatic heterocycles. The van der Waals surface area contributed by atoms with Crippen molar-refractivity contribution in [2.75, 3.05) is 19.8 Å². The van der Waals surface area contributed by atoms with Crippen LogP contribution in [0.4, 0.5) is 0 Å². The highest BCUT2D eigenvalue weighted by Crippen LogP contribution is 2.09. The Bertz CT molecular complexity index is 558. The maximum Gasteiger partial charge on any atom is 0.251 e. The summed E-state index contributed by atoms with van der Waals surface area (Å²) in [7, 11) is -3.80. The normalized spacial score (nSPS) is 11.3. The summed E-state index contributed by atoms with van der Waals surface area (Å²) >= 11 is 0. The Balaban J connectivity index is 2.39. The van der Waals surface area contributed by atoms with Crippen LogP contribution in [0.3, 0.4) is 0 Å². The molecule has 118 valence electrons. The van der Waals surface area contributed by atoms with Crippen molar-refractivity contribution in [3.63, 3.8) is 0 Å². The molecule has 3 N–H and O–H groups in total. The molecule has 0 spiro atoms.